The van der Waals surface area contributed by atoms with Gasteiger partial charge in [-0.3, -0.25) is 0 Å². The molecule has 0 bridgehead atoms. The normalized spacial score (nSPS) is 6.29. The first-order valence-electron chi connectivity index (χ1n) is 1.11. The Hall–Kier alpha value is 0.745. The van der Waals surface area contributed by atoms with Crippen LogP contribution in [-0.2, 0) is 9.59 Å². The molecule has 0 amide bonds. The van der Waals surface area contributed by atoms with E-state index in [2.05, 4.69) is 0 Å². The van der Waals surface area contributed by atoms with Gasteiger partial charge in [0.1, 0.15) is 0 Å². The molecule has 5 heteroatoms. The van der Waals surface area contributed by atoms with E-state index >= 15 is 0 Å². The van der Waals surface area contributed by atoms with Gasteiger partial charge in [0.2, 0.25) is 0 Å². The zero-order valence-corrected chi connectivity index (χ0v) is 8.63. The molecule has 0 aliphatic heterocycles. The Labute approximate surface area is 89.8 Å². The van der Waals surface area contributed by atoms with Crippen molar-refractivity contribution in [3.8, 4) is 0 Å². The Morgan fingerprint density at radius 2 is 1.29 bits per heavy atom. The van der Waals surface area contributed by atoms with Crippen LogP contribution in [0.15, 0.2) is 0 Å². The van der Waals surface area contributed by atoms with E-state index in [0.717, 1.165) is 0 Å². The minimum atomic E-state index is -1.82. The summed E-state index contributed by atoms with van der Waals surface area (Å²) in [5.74, 6) is -3.65. The van der Waals surface area contributed by atoms with Gasteiger partial charge in [0.05, 0.1) is 0 Å². The van der Waals surface area contributed by atoms with Gasteiger partial charge < -0.3 is 11.6 Å². The average Bonchev–Trinajstić information content (AvgIpc) is 1.36. The molecule has 0 aliphatic carbocycles. The fourth-order valence-corrected chi connectivity index (χ4v) is 0. The fraction of sp³-hybridized carbons (Fsp3) is 0. The second-order valence-corrected chi connectivity index (χ2v) is 0.610. The average molecular weight is 177 g/mol. The standard InChI is InChI=1S/C2H2O4.Rb.H/c3-1(4)2(5)6;;/h(H,3,4)(H,5,6);;/q;+1;-1. The first-order chi connectivity index (χ1) is 2.64. The van der Waals surface area contributed by atoms with Crippen LogP contribution in [0.5, 0.6) is 0 Å². The van der Waals surface area contributed by atoms with Crippen LogP contribution in [-0.4, -0.2) is 22.2 Å². The third-order valence-electron chi connectivity index (χ3n) is 0.183. The molecule has 0 saturated heterocycles. The molecule has 36 valence electrons. The number of aliphatic carboxylic acids is 2. The molecule has 7 heavy (non-hydrogen) atoms. The first-order valence-corrected chi connectivity index (χ1v) is 1.11. The molecule has 0 aliphatic rings. The summed E-state index contributed by atoms with van der Waals surface area (Å²) in [6.07, 6.45) is 0. The van der Waals surface area contributed by atoms with Gasteiger partial charge in [-0.05, 0) is 0 Å². The van der Waals surface area contributed by atoms with E-state index < -0.39 is 11.9 Å². The van der Waals surface area contributed by atoms with Gasteiger partial charge >= 0.3 is 70.1 Å². The summed E-state index contributed by atoms with van der Waals surface area (Å²) in [5.41, 5.74) is 0. The van der Waals surface area contributed by atoms with Crippen molar-refractivity contribution in [2.45, 2.75) is 0 Å². The van der Waals surface area contributed by atoms with E-state index in [1.54, 1.807) is 0 Å². The molecule has 0 saturated carbocycles. The molecule has 0 atom stereocenters. The van der Waals surface area contributed by atoms with Crippen molar-refractivity contribution in [1.82, 2.24) is 0 Å². The predicted molar refractivity (Wildman–Crippen MR) is 16.4 cm³/mol. The molecule has 0 aromatic rings. The van der Waals surface area contributed by atoms with Gasteiger partial charge in [0, 0.05) is 0 Å². The zero-order valence-electron chi connectivity index (χ0n) is 4.71. The van der Waals surface area contributed by atoms with E-state index in [4.69, 9.17) is 19.8 Å². The van der Waals surface area contributed by atoms with Crippen molar-refractivity contribution in [3.05, 3.63) is 0 Å². The molecule has 0 unspecified atom stereocenters. The maximum atomic E-state index is 9.10. The molecule has 0 fully saturated rings. The number of carbonyl (C=O) groups is 2. The molecular weight excluding hydrogens is 173 g/mol. The molecule has 0 aromatic heterocycles. The van der Waals surface area contributed by atoms with Gasteiger partial charge in [-0.2, -0.15) is 0 Å². The minimum absolute atomic E-state index is 0. The number of rotatable bonds is 0. The van der Waals surface area contributed by atoms with Crippen molar-refractivity contribution in [1.29, 1.82) is 0 Å². The van der Waals surface area contributed by atoms with E-state index in [1.165, 1.54) is 0 Å². The van der Waals surface area contributed by atoms with Crippen molar-refractivity contribution < 1.29 is 79.4 Å². The SMILES string of the molecule is O=C(O)C(=O)O.[H-].[Rb+]. The van der Waals surface area contributed by atoms with Crippen molar-refractivity contribution in [2.24, 2.45) is 0 Å². The van der Waals surface area contributed by atoms with Gasteiger partial charge in [0.25, 0.3) is 0 Å². The molecular formula is C2H3O4Rb. The van der Waals surface area contributed by atoms with Crippen molar-refractivity contribution in [2.75, 3.05) is 0 Å². The van der Waals surface area contributed by atoms with Crippen LogP contribution in [0.2, 0.25) is 0 Å². The largest absolute Gasteiger partial charge is 1.00 e. The summed E-state index contributed by atoms with van der Waals surface area (Å²) in [4.78, 5) is 18.2. The fourth-order valence-electron chi connectivity index (χ4n) is 0. The second kappa shape index (κ2) is 4.89. The van der Waals surface area contributed by atoms with Gasteiger partial charge in [-0.1, -0.05) is 0 Å². The third-order valence-corrected chi connectivity index (χ3v) is 0.183. The number of carboxylic acid groups (broad SMARTS) is 2. The molecule has 4 nitrogen and oxygen atoms in total. The quantitative estimate of drug-likeness (QED) is 0.372. The second-order valence-electron chi connectivity index (χ2n) is 0.610. The number of hydrogen-bond acceptors (Lipinski definition) is 2. The molecule has 0 heterocycles. The van der Waals surface area contributed by atoms with Crippen LogP contribution < -0.4 is 58.2 Å². The van der Waals surface area contributed by atoms with Crippen molar-refractivity contribution in [3.63, 3.8) is 0 Å². The summed E-state index contributed by atoms with van der Waals surface area (Å²) in [6.45, 7) is 0. The van der Waals surface area contributed by atoms with Crippen LogP contribution in [0, 0.1) is 0 Å². The Bertz CT molecular complexity index is 80.0. The topological polar surface area (TPSA) is 74.6 Å². The Morgan fingerprint density at radius 3 is 1.29 bits per heavy atom. The van der Waals surface area contributed by atoms with Gasteiger partial charge in [0.15, 0.2) is 0 Å². The number of hydrogen-bond donors (Lipinski definition) is 2. The van der Waals surface area contributed by atoms with Crippen molar-refractivity contribution >= 4 is 11.9 Å². The Morgan fingerprint density at radius 1 is 1.14 bits per heavy atom. The third kappa shape index (κ3) is 6.75. The van der Waals surface area contributed by atoms with Gasteiger partial charge in [-0.25, -0.2) is 9.59 Å². The number of carboxylic acids is 2. The van der Waals surface area contributed by atoms with E-state index in [0.29, 0.717) is 0 Å². The maximum absolute atomic E-state index is 9.10. The summed E-state index contributed by atoms with van der Waals surface area (Å²) in [5, 5.41) is 14.8. The molecule has 0 radical (unpaired) electrons. The van der Waals surface area contributed by atoms with Crippen LogP contribution in [0.1, 0.15) is 1.43 Å². The molecule has 2 N–H and O–H groups in total. The Balaban J connectivity index is -0.000000125. The smallest absolute Gasteiger partial charge is 1.00 e. The van der Waals surface area contributed by atoms with E-state index in [9.17, 15) is 0 Å². The summed E-state index contributed by atoms with van der Waals surface area (Å²) in [6, 6.07) is 0. The monoisotopic (exact) mass is 176 g/mol. The van der Waals surface area contributed by atoms with E-state index in [1.807, 2.05) is 0 Å². The molecule has 0 spiro atoms. The maximum Gasteiger partial charge on any atom is 1.00 e. The zero-order chi connectivity index (χ0) is 5.15. The van der Waals surface area contributed by atoms with Crippen LogP contribution >= 0.6 is 0 Å². The van der Waals surface area contributed by atoms with Crippen LogP contribution in [0.4, 0.5) is 0 Å². The molecule has 0 aromatic carbocycles. The first kappa shape index (κ1) is 10.7. The summed E-state index contributed by atoms with van der Waals surface area (Å²) in [7, 11) is 0. The predicted octanol–water partition coefficient (Wildman–Crippen LogP) is -3.73. The van der Waals surface area contributed by atoms with Gasteiger partial charge in [-0.15, -0.1) is 0 Å². The molecule has 0 rings (SSSR count). The Kier molecular flexibility index (Phi) is 7.46. The van der Waals surface area contributed by atoms with E-state index in [-0.39, 0.29) is 59.6 Å². The van der Waals surface area contributed by atoms with Crippen LogP contribution in [0.25, 0.3) is 0 Å². The van der Waals surface area contributed by atoms with Crippen LogP contribution in [0.3, 0.4) is 0 Å². The summed E-state index contributed by atoms with van der Waals surface area (Å²) >= 11 is 0. The summed E-state index contributed by atoms with van der Waals surface area (Å²) < 4.78 is 0. The minimum Gasteiger partial charge on any atom is -1.00 e.